The lowest BCUT2D eigenvalue weighted by atomic mass is 9.88. The zero-order valence-electron chi connectivity index (χ0n) is 12.4. The van der Waals surface area contributed by atoms with E-state index in [-0.39, 0.29) is 0 Å². The SMILES string of the molecule is COc1ccc2c(c1)CC(Nc1cc(C)ccc1Br)CC2. The Kier molecular flexibility index (Phi) is 4.20. The first-order valence-electron chi connectivity index (χ1n) is 7.34. The Morgan fingerprint density at radius 1 is 1.14 bits per heavy atom. The van der Waals surface area contributed by atoms with Crippen LogP contribution in [0.1, 0.15) is 23.1 Å². The van der Waals surface area contributed by atoms with Gasteiger partial charge < -0.3 is 10.1 Å². The van der Waals surface area contributed by atoms with Crippen molar-refractivity contribution in [1.29, 1.82) is 0 Å². The van der Waals surface area contributed by atoms with E-state index in [4.69, 9.17) is 4.74 Å². The Hall–Kier alpha value is -1.48. The second-order valence-electron chi connectivity index (χ2n) is 5.70. The predicted octanol–water partition coefficient (Wildman–Crippen LogP) is 4.74. The normalized spacial score (nSPS) is 17.2. The van der Waals surface area contributed by atoms with Crippen molar-refractivity contribution in [3.8, 4) is 5.75 Å². The lowest BCUT2D eigenvalue weighted by Gasteiger charge is -2.27. The third-order valence-corrected chi connectivity index (χ3v) is 4.81. The molecule has 0 bridgehead atoms. The minimum atomic E-state index is 0.475. The molecule has 0 heterocycles. The van der Waals surface area contributed by atoms with E-state index in [2.05, 4.69) is 64.6 Å². The maximum absolute atomic E-state index is 5.34. The summed E-state index contributed by atoms with van der Waals surface area (Å²) in [5.74, 6) is 0.950. The molecule has 110 valence electrons. The molecule has 1 atom stereocenters. The summed E-state index contributed by atoms with van der Waals surface area (Å²) in [7, 11) is 1.73. The van der Waals surface area contributed by atoms with Crippen LogP contribution in [0.4, 0.5) is 5.69 Å². The van der Waals surface area contributed by atoms with E-state index in [1.165, 1.54) is 28.8 Å². The molecule has 0 fully saturated rings. The number of methoxy groups -OCH3 is 1. The molecule has 1 unspecified atom stereocenters. The topological polar surface area (TPSA) is 21.3 Å². The summed E-state index contributed by atoms with van der Waals surface area (Å²) in [5.41, 5.74) is 5.32. The first kappa shape index (κ1) is 14.5. The van der Waals surface area contributed by atoms with E-state index in [0.29, 0.717) is 6.04 Å². The van der Waals surface area contributed by atoms with Crippen LogP contribution in [-0.4, -0.2) is 13.2 Å². The molecule has 2 aromatic rings. The van der Waals surface area contributed by atoms with Gasteiger partial charge in [-0.1, -0.05) is 12.1 Å². The predicted molar refractivity (Wildman–Crippen MR) is 91.3 cm³/mol. The molecule has 0 spiro atoms. The summed E-state index contributed by atoms with van der Waals surface area (Å²) < 4.78 is 6.47. The molecule has 0 aliphatic heterocycles. The lowest BCUT2D eigenvalue weighted by molar-refractivity contribution is 0.413. The Labute approximate surface area is 134 Å². The number of aryl methyl sites for hydroxylation is 2. The number of hydrogen-bond donors (Lipinski definition) is 1. The van der Waals surface area contributed by atoms with Crippen LogP contribution in [0.2, 0.25) is 0 Å². The van der Waals surface area contributed by atoms with Gasteiger partial charge in [-0.05, 0) is 83.1 Å². The number of rotatable bonds is 3. The van der Waals surface area contributed by atoms with Crippen molar-refractivity contribution in [2.45, 2.75) is 32.2 Å². The van der Waals surface area contributed by atoms with Gasteiger partial charge in [0.15, 0.2) is 0 Å². The van der Waals surface area contributed by atoms with Crippen molar-refractivity contribution in [3.05, 3.63) is 57.6 Å². The van der Waals surface area contributed by atoms with Crippen LogP contribution in [0.5, 0.6) is 5.75 Å². The van der Waals surface area contributed by atoms with Gasteiger partial charge in [-0.2, -0.15) is 0 Å². The maximum Gasteiger partial charge on any atom is 0.119 e. The van der Waals surface area contributed by atoms with Crippen molar-refractivity contribution < 1.29 is 4.74 Å². The highest BCUT2D eigenvalue weighted by atomic mass is 79.9. The van der Waals surface area contributed by atoms with Crippen molar-refractivity contribution in [2.75, 3.05) is 12.4 Å². The first-order chi connectivity index (χ1) is 10.2. The Bertz CT molecular complexity index is 654. The average Bonchev–Trinajstić information content (AvgIpc) is 2.50. The molecule has 21 heavy (non-hydrogen) atoms. The number of benzene rings is 2. The zero-order chi connectivity index (χ0) is 14.8. The number of ether oxygens (including phenoxy) is 1. The summed E-state index contributed by atoms with van der Waals surface area (Å²) >= 11 is 3.63. The molecule has 0 saturated carbocycles. The summed E-state index contributed by atoms with van der Waals surface area (Å²) in [6, 6.07) is 13.3. The molecule has 1 aliphatic carbocycles. The summed E-state index contributed by atoms with van der Waals surface area (Å²) in [4.78, 5) is 0. The molecular weight excluding hydrogens is 326 g/mol. The molecule has 3 heteroatoms. The minimum Gasteiger partial charge on any atom is -0.497 e. The van der Waals surface area contributed by atoms with Crippen LogP contribution < -0.4 is 10.1 Å². The number of fused-ring (bicyclic) bond motifs is 1. The van der Waals surface area contributed by atoms with Gasteiger partial charge in [-0.3, -0.25) is 0 Å². The van der Waals surface area contributed by atoms with Gasteiger partial charge in [-0.25, -0.2) is 0 Å². The first-order valence-corrected chi connectivity index (χ1v) is 8.13. The molecule has 0 amide bonds. The van der Waals surface area contributed by atoms with Crippen LogP contribution in [0.3, 0.4) is 0 Å². The van der Waals surface area contributed by atoms with Gasteiger partial charge in [0.2, 0.25) is 0 Å². The summed E-state index contributed by atoms with van der Waals surface area (Å²) in [6.07, 6.45) is 3.34. The minimum absolute atomic E-state index is 0.475. The Morgan fingerprint density at radius 2 is 2.00 bits per heavy atom. The second kappa shape index (κ2) is 6.10. The fraction of sp³-hybridized carbons (Fsp3) is 0.333. The van der Waals surface area contributed by atoms with E-state index in [1.807, 2.05) is 0 Å². The van der Waals surface area contributed by atoms with Crippen LogP contribution in [-0.2, 0) is 12.8 Å². The highest BCUT2D eigenvalue weighted by molar-refractivity contribution is 9.10. The average molecular weight is 346 g/mol. The molecule has 3 rings (SSSR count). The van der Waals surface area contributed by atoms with Crippen molar-refractivity contribution in [3.63, 3.8) is 0 Å². The van der Waals surface area contributed by atoms with Crippen LogP contribution in [0.15, 0.2) is 40.9 Å². The maximum atomic E-state index is 5.34. The number of hydrogen-bond acceptors (Lipinski definition) is 2. The van der Waals surface area contributed by atoms with E-state index in [9.17, 15) is 0 Å². The molecule has 1 N–H and O–H groups in total. The fourth-order valence-electron chi connectivity index (χ4n) is 2.95. The number of anilines is 1. The van der Waals surface area contributed by atoms with Gasteiger partial charge in [0, 0.05) is 16.2 Å². The number of halogens is 1. The highest BCUT2D eigenvalue weighted by Crippen LogP contribution is 2.30. The molecular formula is C18H20BrNO. The van der Waals surface area contributed by atoms with Gasteiger partial charge in [0.05, 0.1) is 7.11 Å². The zero-order valence-corrected chi connectivity index (χ0v) is 14.0. The molecule has 2 nitrogen and oxygen atoms in total. The second-order valence-corrected chi connectivity index (χ2v) is 6.56. The summed E-state index contributed by atoms with van der Waals surface area (Å²) in [5, 5.41) is 3.68. The van der Waals surface area contributed by atoms with Gasteiger partial charge >= 0.3 is 0 Å². The fourth-order valence-corrected chi connectivity index (χ4v) is 3.31. The summed E-state index contributed by atoms with van der Waals surface area (Å²) in [6.45, 7) is 2.12. The van der Waals surface area contributed by atoms with E-state index >= 15 is 0 Å². The van der Waals surface area contributed by atoms with Crippen molar-refractivity contribution >= 4 is 21.6 Å². The quantitative estimate of drug-likeness (QED) is 0.867. The smallest absolute Gasteiger partial charge is 0.119 e. The van der Waals surface area contributed by atoms with E-state index in [0.717, 1.165) is 23.1 Å². The Balaban J connectivity index is 1.78. The van der Waals surface area contributed by atoms with Crippen molar-refractivity contribution in [2.24, 2.45) is 0 Å². The Morgan fingerprint density at radius 3 is 2.81 bits per heavy atom. The number of nitrogens with one attached hydrogen (secondary N) is 1. The van der Waals surface area contributed by atoms with Crippen LogP contribution in [0.25, 0.3) is 0 Å². The molecule has 1 aliphatic rings. The third kappa shape index (κ3) is 3.24. The lowest BCUT2D eigenvalue weighted by Crippen LogP contribution is -2.27. The van der Waals surface area contributed by atoms with Gasteiger partial charge in [0.25, 0.3) is 0 Å². The molecule has 0 aromatic heterocycles. The van der Waals surface area contributed by atoms with Crippen LogP contribution >= 0.6 is 15.9 Å². The molecule has 0 radical (unpaired) electrons. The largest absolute Gasteiger partial charge is 0.497 e. The van der Waals surface area contributed by atoms with E-state index < -0.39 is 0 Å². The standard InChI is InChI=1S/C18H20BrNO/c1-12-3-8-17(19)18(9-12)20-15-6-4-13-5-7-16(21-2)11-14(13)10-15/h3,5,7-9,11,15,20H,4,6,10H2,1-2H3. The third-order valence-electron chi connectivity index (χ3n) is 4.12. The molecule has 0 saturated heterocycles. The molecule has 2 aromatic carbocycles. The monoisotopic (exact) mass is 345 g/mol. The van der Waals surface area contributed by atoms with Gasteiger partial charge in [0.1, 0.15) is 5.75 Å². The van der Waals surface area contributed by atoms with Gasteiger partial charge in [-0.15, -0.1) is 0 Å². The van der Waals surface area contributed by atoms with Crippen LogP contribution in [0, 0.1) is 6.92 Å². The van der Waals surface area contributed by atoms with E-state index in [1.54, 1.807) is 7.11 Å². The van der Waals surface area contributed by atoms with Crippen molar-refractivity contribution in [1.82, 2.24) is 0 Å². The highest BCUT2D eigenvalue weighted by Gasteiger charge is 2.19.